The molecule has 0 aliphatic rings. The molecule has 5 heteroatoms. The van der Waals surface area contributed by atoms with Gasteiger partial charge in [-0.15, -0.1) is 9.93 Å². The molecule has 0 aliphatic carbocycles. The molecule has 0 saturated carbocycles. The number of nitrogens with two attached hydrogens (primary N) is 1. The van der Waals surface area contributed by atoms with Gasteiger partial charge in [-0.3, -0.25) is 4.21 Å². The van der Waals surface area contributed by atoms with Crippen molar-refractivity contribution >= 4 is 9.93 Å². The molecule has 0 atom stereocenters. The summed E-state index contributed by atoms with van der Waals surface area (Å²) in [5.41, 5.74) is 5.22. The number of thiol groups is 1. The Morgan fingerprint density at radius 3 is 2.08 bits per heavy atom. The first-order valence-electron chi connectivity index (χ1n) is 4.46. The van der Waals surface area contributed by atoms with Crippen LogP contribution in [0.25, 0.3) is 0 Å². The van der Waals surface area contributed by atoms with E-state index in [4.69, 9.17) is 15.2 Å². The molecule has 82 valence electrons. The van der Waals surface area contributed by atoms with E-state index in [1.807, 2.05) is 0 Å². The Morgan fingerprint density at radius 2 is 1.62 bits per heavy atom. The Morgan fingerprint density at radius 1 is 1.08 bits per heavy atom. The van der Waals surface area contributed by atoms with Crippen molar-refractivity contribution in [3.8, 4) is 0 Å². The summed E-state index contributed by atoms with van der Waals surface area (Å²) in [6.45, 7) is 2.79. The maximum Gasteiger partial charge on any atom is 0.0701 e. The van der Waals surface area contributed by atoms with Crippen LogP contribution in [0.5, 0.6) is 0 Å². The molecule has 0 bridgehead atoms. The zero-order valence-corrected chi connectivity index (χ0v) is 9.39. The summed E-state index contributed by atoms with van der Waals surface area (Å²) in [4.78, 5) is 0. The highest BCUT2D eigenvalue weighted by Gasteiger charge is 1.99. The van der Waals surface area contributed by atoms with Crippen LogP contribution in [0.1, 0.15) is 0 Å². The van der Waals surface area contributed by atoms with Gasteiger partial charge in [0.15, 0.2) is 0 Å². The van der Waals surface area contributed by atoms with Crippen molar-refractivity contribution in [3.63, 3.8) is 0 Å². The van der Waals surface area contributed by atoms with Gasteiger partial charge < -0.3 is 15.2 Å². The van der Waals surface area contributed by atoms with Crippen LogP contribution in [-0.2, 0) is 19.4 Å². The molecule has 0 amide bonds. The minimum Gasteiger partial charge on any atom is -0.378 e. The van der Waals surface area contributed by atoms with Gasteiger partial charge in [-0.2, -0.15) is 0 Å². The Kier molecular flexibility index (Phi) is 7.45. The average molecular weight is 211 g/mol. The fourth-order valence-corrected chi connectivity index (χ4v) is 1.26. The van der Waals surface area contributed by atoms with Gasteiger partial charge in [-0.1, -0.05) is 0 Å². The third-order valence-corrected chi connectivity index (χ3v) is 2.67. The van der Waals surface area contributed by atoms with Crippen LogP contribution in [0.2, 0.25) is 0 Å². The predicted octanol–water partition coefficient (Wildman–Crippen LogP) is -0.745. The first-order chi connectivity index (χ1) is 6.06. The van der Waals surface area contributed by atoms with Gasteiger partial charge in [-0.25, -0.2) is 0 Å². The van der Waals surface area contributed by atoms with Crippen LogP contribution in [0.4, 0.5) is 0 Å². The monoisotopic (exact) mass is 211 g/mol. The lowest BCUT2D eigenvalue weighted by molar-refractivity contribution is 0.0568. The lowest BCUT2D eigenvalue weighted by Crippen LogP contribution is -2.18. The second kappa shape index (κ2) is 7.44. The molecule has 0 aromatic heterocycles. The summed E-state index contributed by atoms with van der Waals surface area (Å²) in [7, 11) is -1.91. The normalized spacial score (nSPS) is 13.2. The summed E-state index contributed by atoms with van der Waals surface area (Å²) >= 11 is 0. The Labute approximate surface area is 81.2 Å². The van der Waals surface area contributed by atoms with Crippen LogP contribution < -0.4 is 5.73 Å². The largest absolute Gasteiger partial charge is 0.378 e. The van der Waals surface area contributed by atoms with Gasteiger partial charge in [0, 0.05) is 12.3 Å². The molecular weight excluding hydrogens is 190 g/mol. The highest BCUT2D eigenvalue weighted by molar-refractivity contribution is 8.01. The second-order valence-corrected chi connectivity index (χ2v) is 6.91. The third-order valence-electron chi connectivity index (χ3n) is 1.41. The van der Waals surface area contributed by atoms with E-state index in [1.54, 1.807) is 12.5 Å². The fourth-order valence-electron chi connectivity index (χ4n) is 0.690. The van der Waals surface area contributed by atoms with Crippen molar-refractivity contribution in [2.75, 3.05) is 51.2 Å². The molecule has 0 radical (unpaired) electrons. The van der Waals surface area contributed by atoms with Crippen molar-refractivity contribution in [2.24, 2.45) is 5.73 Å². The SMILES string of the molecule is C[SH](C)(=O)CCOCCOCCN. The molecular formula is C8H21NO3S. The van der Waals surface area contributed by atoms with Crippen LogP contribution in [0, 0.1) is 0 Å². The molecule has 0 fully saturated rings. The van der Waals surface area contributed by atoms with E-state index in [2.05, 4.69) is 0 Å². The van der Waals surface area contributed by atoms with Crippen LogP contribution in [-0.4, -0.2) is 55.4 Å². The maximum atomic E-state index is 11.2. The predicted molar refractivity (Wildman–Crippen MR) is 56.9 cm³/mol. The van der Waals surface area contributed by atoms with E-state index >= 15 is 0 Å². The molecule has 2 N–H and O–H groups in total. The zero-order valence-electron chi connectivity index (χ0n) is 8.49. The van der Waals surface area contributed by atoms with Gasteiger partial charge in [0.1, 0.15) is 0 Å². The van der Waals surface area contributed by atoms with E-state index < -0.39 is 9.93 Å². The minimum absolute atomic E-state index is 0.541. The van der Waals surface area contributed by atoms with Crippen molar-refractivity contribution in [1.82, 2.24) is 0 Å². The average Bonchev–Trinajstić information content (AvgIpc) is 2.01. The van der Waals surface area contributed by atoms with Crippen molar-refractivity contribution < 1.29 is 13.7 Å². The van der Waals surface area contributed by atoms with Gasteiger partial charge >= 0.3 is 0 Å². The lowest BCUT2D eigenvalue weighted by atomic mass is 10.7. The molecule has 13 heavy (non-hydrogen) atoms. The maximum absolute atomic E-state index is 11.2. The van der Waals surface area contributed by atoms with Crippen LogP contribution in [0.3, 0.4) is 0 Å². The Hall–Kier alpha value is 0.0300. The number of hydrogen-bond donors (Lipinski definition) is 2. The fraction of sp³-hybridized carbons (Fsp3) is 1.00. The van der Waals surface area contributed by atoms with Crippen molar-refractivity contribution in [3.05, 3.63) is 0 Å². The minimum atomic E-state index is -1.91. The first-order valence-corrected chi connectivity index (χ1v) is 7.24. The molecule has 0 heterocycles. The number of rotatable bonds is 8. The van der Waals surface area contributed by atoms with Crippen molar-refractivity contribution in [1.29, 1.82) is 0 Å². The van der Waals surface area contributed by atoms with Gasteiger partial charge in [0.05, 0.1) is 26.4 Å². The van der Waals surface area contributed by atoms with E-state index in [1.165, 1.54) is 0 Å². The summed E-state index contributed by atoms with van der Waals surface area (Å²) in [5, 5.41) is 0. The quantitative estimate of drug-likeness (QED) is 0.410. The molecule has 0 unspecified atom stereocenters. The smallest absolute Gasteiger partial charge is 0.0701 e. The lowest BCUT2D eigenvalue weighted by Gasteiger charge is -2.11. The Bertz CT molecular complexity index is 157. The molecule has 0 aromatic rings. The highest BCUT2D eigenvalue weighted by Crippen LogP contribution is 1.91. The molecule has 0 rings (SSSR count). The number of hydrogen-bond acceptors (Lipinski definition) is 4. The molecule has 0 aromatic carbocycles. The van der Waals surface area contributed by atoms with E-state index in [9.17, 15) is 4.21 Å². The van der Waals surface area contributed by atoms with E-state index in [0.717, 1.165) is 0 Å². The van der Waals surface area contributed by atoms with Crippen molar-refractivity contribution in [2.45, 2.75) is 0 Å². The third kappa shape index (κ3) is 12.0. The van der Waals surface area contributed by atoms with E-state index in [-0.39, 0.29) is 0 Å². The molecule has 0 spiro atoms. The Balaban J connectivity index is 3.04. The first kappa shape index (κ1) is 13.0. The van der Waals surface area contributed by atoms with Gasteiger partial charge in [0.2, 0.25) is 0 Å². The second-order valence-electron chi connectivity index (χ2n) is 3.31. The van der Waals surface area contributed by atoms with Crippen LogP contribution >= 0.6 is 0 Å². The van der Waals surface area contributed by atoms with E-state index in [0.29, 0.717) is 38.7 Å². The summed E-state index contributed by atoms with van der Waals surface area (Å²) in [5.74, 6) is 0.643. The van der Waals surface area contributed by atoms with Gasteiger partial charge in [-0.05, 0) is 12.5 Å². The summed E-state index contributed by atoms with van der Waals surface area (Å²) < 4.78 is 21.5. The molecule has 0 aliphatic heterocycles. The number of ether oxygens (including phenoxy) is 2. The summed E-state index contributed by atoms with van der Waals surface area (Å²) in [6.07, 6.45) is 3.53. The standard InChI is InChI=1S/C8H21NO3S/c1-13(2,10)8-7-12-6-5-11-4-3-9/h13H,3-9H2,1-2H3. The summed E-state index contributed by atoms with van der Waals surface area (Å²) in [6, 6.07) is 0. The molecule has 4 nitrogen and oxygen atoms in total. The van der Waals surface area contributed by atoms with Gasteiger partial charge in [0.25, 0.3) is 0 Å². The molecule has 0 saturated heterocycles. The highest BCUT2D eigenvalue weighted by atomic mass is 32.2. The zero-order chi connectivity index (χ0) is 10.2. The van der Waals surface area contributed by atoms with Crippen LogP contribution in [0.15, 0.2) is 0 Å². The topological polar surface area (TPSA) is 61.5 Å².